The molecule has 0 bridgehead atoms. The smallest absolute Gasteiger partial charge is 0.235 e. The Morgan fingerprint density at radius 2 is 1.64 bits per heavy atom. The average molecular weight is 787 g/mol. The molecule has 2 N–H and O–H groups in total. The molecule has 1 spiro atoms. The maximum atomic E-state index is 14.6. The zero-order valence-corrected chi connectivity index (χ0v) is 33.6. The van der Waals surface area contributed by atoms with Gasteiger partial charge in [-0.2, -0.15) is 10.2 Å². The van der Waals surface area contributed by atoms with Gasteiger partial charge in [-0.15, -0.1) is 0 Å². The average Bonchev–Trinajstić information content (AvgIpc) is 3.72. The van der Waals surface area contributed by atoms with Gasteiger partial charge in [0.05, 0.1) is 34.6 Å². The molecule has 4 aromatic rings. The Kier molecular flexibility index (Phi) is 10.2. The largest absolute Gasteiger partial charge is 0.507 e. The molecule has 13 nitrogen and oxygen atoms in total. The summed E-state index contributed by atoms with van der Waals surface area (Å²) in [7, 11) is 0. The molecule has 5 saturated heterocycles. The Bertz CT molecular complexity index is 2140. The van der Waals surface area contributed by atoms with E-state index in [-0.39, 0.29) is 40.7 Å². The maximum absolute atomic E-state index is 14.6. The van der Waals surface area contributed by atoms with E-state index in [1.54, 1.807) is 18.3 Å². The summed E-state index contributed by atoms with van der Waals surface area (Å²) in [6.45, 7) is 12.3. The highest BCUT2D eigenvalue weighted by Crippen LogP contribution is 2.46. The van der Waals surface area contributed by atoms with Crippen LogP contribution in [0.3, 0.4) is 0 Å². The second-order valence-electron chi connectivity index (χ2n) is 17.8. The van der Waals surface area contributed by atoms with Crippen molar-refractivity contribution in [2.75, 3.05) is 68.7 Å². The van der Waals surface area contributed by atoms with Gasteiger partial charge in [0.15, 0.2) is 0 Å². The van der Waals surface area contributed by atoms with Gasteiger partial charge in [-0.05, 0) is 86.9 Å². The zero-order chi connectivity index (χ0) is 40.0. The van der Waals surface area contributed by atoms with E-state index in [1.807, 2.05) is 36.4 Å². The molecule has 5 aliphatic heterocycles. The van der Waals surface area contributed by atoms with Crippen LogP contribution in [0.15, 0.2) is 71.4 Å². The standard InChI is InChI=1S/C45H54N8O5/c1-30(2)39-24-40(49-58-39)45(16-21-52(22-17-45)34-23-37(48-46-25-34)36-5-3-4-6-38(36)54)43(57)53-28-44(29-53)26-50(27-44)18-13-31-14-19-51(20-15-31)33-9-7-32(8-10-33)35-11-12-41(55)47-42(35)56/h3-10,23-25,30-31,35,54H,11-22,26-29H2,1-2H3,(H,47,55,56)/t35-/m1/s1. The number of likely N-dealkylation sites (tertiary alicyclic amines) is 2. The van der Waals surface area contributed by atoms with Crippen molar-refractivity contribution in [3.8, 4) is 17.0 Å². The molecule has 0 radical (unpaired) electrons. The van der Waals surface area contributed by atoms with Crippen LogP contribution in [0.4, 0.5) is 11.4 Å². The van der Waals surface area contributed by atoms with Crippen molar-refractivity contribution >= 4 is 29.1 Å². The van der Waals surface area contributed by atoms with Crippen molar-refractivity contribution in [3.05, 3.63) is 83.9 Å². The molecule has 0 saturated carbocycles. The number of piperidine rings is 3. The number of hydrogen-bond acceptors (Lipinski definition) is 11. The number of benzene rings is 2. The number of phenols is 1. The second kappa shape index (κ2) is 15.5. The number of aromatic nitrogens is 3. The van der Waals surface area contributed by atoms with Crippen molar-refractivity contribution in [1.82, 2.24) is 30.5 Å². The first-order chi connectivity index (χ1) is 28.1. The third kappa shape index (κ3) is 7.33. The summed E-state index contributed by atoms with van der Waals surface area (Å²) in [5, 5.41) is 26.0. The molecule has 2 aromatic heterocycles. The fourth-order valence-electron chi connectivity index (χ4n) is 10.1. The highest BCUT2D eigenvalue weighted by molar-refractivity contribution is 6.01. The van der Waals surface area contributed by atoms with Crippen LogP contribution in [0.5, 0.6) is 5.75 Å². The van der Waals surface area contributed by atoms with Gasteiger partial charge >= 0.3 is 0 Å². The highest BCUT2D eigenvalue weighted by Gasteiger charge is 2.57. The number of amides is 3. The number of hydrogen-bond donors (Lipinski definition) is 2. The Labute approximate surface area is 339 Å². The van der Waals surface area contributed by atoms with Gasteiger partial charge in [-0.3, -0.25) is 19.7 Å². The van der Waals surface area contributed by atoms with E-state index in [2.05, 4.69) is 66.3 Å². The number of phenolic OH excluding ortho intramolecular Hbond substituents is 1. The molecule has 58 heavy (non-hydrogen) atoms. The molecule has 13 heteroatoms. The number of nitrogens with zero attached hydrogens (tertiary/aromatic N) is 7. The first-order valence-corrected chi connectivity index (χ1v) is 21.1. The first kappa shape index (κ1) is 38.2. The molecular weight excluding hydrogens is 733 g/mol. The Hall–Kier alpha value is -5.30. The van der Waals surface area contributed by atoms with Gasteiger partial charge in [0, 0.05) is 87.4 Å². The number of carbonyl (C=O) groups excluding carboxylic acids is 3. The maximum Gasteiger partial charge on any atom is 0.235 e. The lowest BCUT2D eigenvalue weighted by atomic mass is 9.68. The minimum atomic E-state index is -0.746. The number of imide groups is 1. The fourth-order valence-corrected chi connectivity index (χ4v) is 10.1. The Balaban J connectivity index is 0.763. The monoisotopic (exact) mass is 786 g/mol. The van der Waals surface area contributed by atoms with Crippen molar-refractivity contribution in [1.29, 1.82) is 0 Å². The molecule has 1 atom stereocenters. The quantitative estimate of drug-likeness (QED) is 0.197. The van der Waals surface area contributed by atoms with Crippen molar-refractivity contribution in [2.45, 2.75) is 76.0 Å². The SMILES string of the molecule is CC(C)c1cc(C2(C(=O)N3CC4(CN(CCC5CCN(c6ccc([C@H]7CCC(=O)NC7=O)cc6)CC5)C4)C3)CCN(c3cnnc(-c4ccccc4O)c3)CC2)no1. The van der Waals surface area contributed by atoms with Gasteiger partial charge in [0.25, 0.3) is 0 Å². The second-order valence-corrected chi connectivity index (χ2v) is 17.8. The van der Waals surface area contributed by atoms with E-state index in [0.717, 1.165) is 68.5 Å². The van der Waals surface area contributed by atoms with Crippen molar-refractivity contribution in [2.24, 2.45) is 11.3 Å². The summed E-state index contributed by atoms with van der Waals surface area (Å²) < 4.78 is 5.79. The predicted octanol–water partition coefficient (Wildman–Crippen LogP) is 5.47. The molecular formula is C45H54N8O5. The Morgan fingerprint density at radius 3 is 2.33 bits per heavy atom. The summed E-state index contributed by atoms with van der Waals surface area (Å²) in [5.41, 5.74) is 4.53. The Morgan fingerprint density at radius 1 is 0.914 bits per heavy atom. The van der Waals surface area contributed by atoms with E-state index < -0.39 is 5.41 Å². The molecule has 5 fully saturated rings. The van der Waals surface area contributed by atoms with Gasteiger partial charge in [0.1, 0.15) is 11.5 Å². The third-order valence-electron chi connectivity index (χ3n) is 13.6. The predicted molar refractivity (Wildman–Crippen MR) is 219 cm³/mol. The van der Waals surface area contributed by atoms with Crippen LogP contribution in [0, 0.1) is 11.3 Å². The number of anilines is 2. The van der Waals surface area contributed by atoms with Gasteiger partial charge in [0.2, 0.25) is 17.7 Å². The minimum absolute atomic E-state index is 0.164. The molecule has 2 aromatic carbocycles. The highest BCUT2D eigenvalue weighted by atomic mass is 16.5. The van der Waals surface area contributed by atoms with Crippen molar-refractivity contribution < 1.29 is 24.0 Å². The van der Waals surface area contributed by atoms with Crippen LogP contribution in [-0.2, 0) is 19.8 Å². The summed E-state index contributed by atoms with van der Waals surface area (Å²) in [6.07, 6.45) is 7.50. The summed E-state index contributed by atoms with van der Waals surface area (Å²) in [5.74, 6) is 1.40. The molecule has 5 aliphatic rings. The van der Waals surface area contributed by atoms with E-state index >= 15 is 0 Å². The van der Waals surface area contributed by atoms with E-state index in [9.17, 15) is 19.5 Å². The van der Waals surface area contributed by atoms with Crippen LogP contribution in [0.2, 0.25) is 0 Å². The third-order valence-corrected chi connectivity index (χ3v) is 13.6. The topological polar surface area (TPSA) is 148 Å². The van der Waals surface area contributed by atoms with Crippen LogP contribution < -0.4 is 15.1 Å². The number of aromatic hydroxyl groups is 1. The lowest BCUT2D eigenvalue weighted by molar-refractivity contribution is -0.166. The van der Waals surface area contributed by atoms with Gasteiger partial charge in [-0.1, -0.05) is 43.3 Å². The first-order valence-electron chi connectivity index (χ1n) is 21.1. The number of rotatable bonds is 10. The van der Waals surface area contributed by atoms with Gasteiger partial charge in [-0.25, -0.2) is 0 Å². The molecule has 304 valence electrons. The van der Waals surface area contributed by atoms with E-state index in [0.29, 0.717) is 55.9 Å². The van der Waals surface area contributed by atoms with E-state index in [1.165, 1.54) is 24.9 Å². The fraction of sp³-hybridized carbons (Fsp3) is 0.511. The van der Waals surface area contributed by atoms with Crippen molar-refractivity contribution in [3.63, 3.8) is 0 Å². The summed E-state index contributed by atoms with van der Waals surface area (Å²) >= 11 is 0. The number of para-hydroxylation sites is 1. The van der Waals surface area contributed by atoms with Gasteiger partial charge < -0.3 is 29.2 Å². The number of nitrogens with one attached hydrogen (secondary N) is 1. The summed E-state index contributed by atoms with van der Waals surface area (Å²) in [6, 6.07) is 19.5. The summed E-state index contributed by atoms with van der Waals surface area (Å²) in [4.78, 5) is 47.8. The normalized spacial score (nSPS) is 22.2. The molecule has 7 heterocycles. The minimum Gasteiger partial charge on any atom is -0.507 e. The number of carbonyl (C=O) groups is 3. The molecule has 0 unspecified atom stereocenters. The molecule has 9 rings (SSSR count). The zero-order valence-electron chi connectivity index (χ0n) is 33.6. The molecule has 0 aliphatic carbocycles. The van der Waals surface area contributed by atoms with Crippen LogP contribution in [0.25, 0.3) is 11.3 Å². The lowest BCUT2D eigenvalue weighted by Crippen LogP contribution is -2.74. The van der Waals surface area contributed by atoms with Crippen LogP contribution >= 0.6 is 0 Å². The molecule has 3 amide bonds. The van der Waals surface area contributed by atoms with Crippen LogP contribution in [-0.4, -0.2) is 107 Å². The lowest BCUT2D eigenvalue weighted by Gasteiger charge is -2.61. The van der Waals surface area contributed by atoms with Crippen LogP contribution in [0.1, 0.15) is 87.6 Å². The van der Waals surface area contributed by atoms with E-state index in [4.69, 9.17) is 4.52 Å².